The summed E-state index contributed by atoms with van der Waals surface area (Å²) in [7, 11) is 0. The van der Waals surface area contributed by atoms with Gasteiger partial charge in [0.2, 0.25) is 5.91 Å². The molecule has 1 fully saturated rings. The van der Waals surface area contributed by atoms with Crippen LogP contribution < -0.4 is 5.32 Å². The number of carboxylic acids is 1. The van der Waals surface area contributed by atoms with Crippen LogP contribution in [0.1, 0.15) is 31.9 Å². The standard InChI is InChI=1S/C15H24N4O3S/c1-2-5-19(10-14(21)22)9-13(20)17-15-16-12(11-23-15)8-18-6-3-4-7-18/h11H,2-10H2,1H3,(H,21,22)(H,16,17,20). The summed E-state index contributed by atoms with van der Waals surface area (Å²) in [5.74, 6) is -1.14. The van der Waals surface area contributed by atoms with Crippen molar-refractivity contribution in [1.29, 1.82) is 0 Å². The van der Waals surface area contributed by atoms with Gasteiger partial charge in [0.05, 0.1) is 18.8 Å². The van der Waals surface area contributed by atoms with Crippen LogP contribution in [-0.4, -0.2) is 64.5 Å². The van der Waals surface area contributed by atoms with Crippen LogP contribution in [0, 0.1) is 0 Å². The number of rotatable bonds is 9. The molecule has 2 N–H and O–H groups in total. The molecule has 1 saturated heterocycles. The molecule has 8 heteroatoms. The van der Waals surface area contributed by atoms with E-state index in [0.717, 1.165) is 31.7 Å². The van der Waals surface area contributed by atoms with Crippen LogP contribution in [0.25, 0.3) is 0 Å². The van der Waals surface area contributed by atoms with Gasteiger partial charge in [0.1, 0.15) is 0 Å². The minimum atomic E-state index is -0.923. The molecule has 0 radical (unpaired) electrons. The van der Waals surface area contributed by atoms with Crippen molar-refractivity contribution in [3.8, 4) is 0 Å². The Balaban J connectivity index is 1.81. The van der Waals surface area contributed by atoms with Crippen LogP contribution in [0.4, 0.5) is 5.13 Å². The van der Waals surface area contributed by atoms with Gasteiger partial charge in [-0.25, -0.2) is 4.98 Å². The maximum Gasteiger partial charge on any atom is 0.317 e. The van der Waals surface area contributed by atoms with Crippen molar-refractivity contribution in [3.05, 3.63) is 11.1 Å². The van der Waals surface area contributed by atoms with Crippen molar-refractivity contribution in [2.24, 2.45) is 0 Å². The second kappa shape index (κ2) is 8.95. The average Bonchev–Trinajstić information content (AvgIpc) is 3.11. The van der Waals surface area contributed by atoms with Crippen LogP contribution in [-0.2, 0) is 16.1 Å². The highest BCUT2D eigenvalue weighted by Gasteiger charge is 2.16. The van der Waals surface area contributed by atoms with Gasteiger partial charge in [-0.1, -0.05) is 6.92 Å². The molecular weight excluding hydrogens is 316 g/mol. The van der Waals surface area contributed by atoms with Crippen molar-refractivity contribution in [2.75, 3.05) is 38.0 Å². The van der Waals surface area contributed by atoms with Gasteiger partial charge >= 0.3 is 5.97 Å². The zero-order valence-electron chi connectivity index (χ0n) is 13.5. The van der Waals surface area contributed by atoms with E-state index in [-0.39, 0.29) is 19.0 Å². The van der Waals surface area contributed by atoms with E-state index in [0.29, 0.717) is 11.7 Å². The Morgan fingerprint density at radius 1 is 1.39 bits per heavy atom. The lowest BCUT2D eigenvalue weighted by Gasteiger charge is -2.18. The number of aliphatic carboxylic acids is 1. The summed E-state index contributed by atoms with van der Waals surface area (Å²) in [5.41, 5.74) is 0.975. The molecule has 1 aliphatic rings. The van der Waals surface area contributed by atoms with E-state index in [1.165, 1.54) is 24.2 Å². The molecule has 2 heterocycles. The summed E-state index contributed by atoms with van der Waals surface area (Å²) in [6, 6.07) is 0. The Morgan fingerprint density at radius 2 is 2.13 bits per heavy atom. The Kier molecular flexibility index (Phi) is 6.94. The third-order valence-corrected chi connectivity index (χ3v) is 4.45. The molecule has 0 bridgehead atoms. The predicted octanol–water partition coefficient (Wildman–Crippen LogP) is 1.47. The number of hydrogen-bond donors (Lipinski definition) is 2. The highest BCUT2D eigenvalue weighted by Crippen LogP contribution is 2.18. The lowest BCUT2D eigenvalue weighted by atomic mass is 10.4. The first-order chi connectivity index (χ1) is 11.1. The summed E-state index contributed by atoms with van der Waals surface area (Å²) in [4.78, 5) is 31.3. The third-order valence-electron chi connectivity index (χ3n) is 3.65. The highest BCUT2D eigenvalue weighted by molar-refractivity contribution is 7.13. The number of nitrogens with zero attached hydrogens (tertiary/aromatic N) is 3. The lowest BCUT2D eigenvalue weighted by Crippen LogP contribution is -2.37. The number of anilines is 1. The van der Waals surface area contributed by atoms with Gasteiger partial charge in [-0.2, -0.15) is 0 Å². The molecule has 0 aliphatic carbocycles. The van der Waals surface area contributed by atoms with Gasteiger partial charge in [-0.15, -0.1) is 11.3 Å². The molecule has 2 rings (SSSR count). The zero-order valence-corrected chi connectivity index (χ0v) is 14.3. The molecule has 0 aromatic carbocycles. The molecule has 128 valence electrons. The van der Waals surface area contributed by atoms with Crippen LogP contribution in [0.2, 0.25) is 0 Å². The van der Waals surface area contributed by atoms with E-state index in [4.69, 9.17) is 5.11 Å². The van der Waals surface area contributed by atoms with Crippen LogP contribution in [0.5, 0.6) is 0 Å². The van der Waals surface area contributed by atoms with E-state index in [9.17, 15) is 9.59 Å². The number of hydrogen-bond acceptors (Lipinski definition) is 6. The Labute approximate surface area is 140 Å². The van der Waals surface area contributed by atoms with Gasteiger partial charge in [0.25, 0.3) is 0 Å². The fourth-order valence-corrected chi connectivity index (χ4v) is 3.41. The monoisotopic (exact) mass is 340 g/mol. The van der Waals surface area contributed by atoms with Crippen LogP contribution in [0.3, 0.4) is 0 Å². The van der Waals surface area contributed by atoms with Gasteiger partial charge in [0.15, 0.2) is 5.13 Å². The first-order valence-corrected chi connectivity index (χ1v) is 8.85. The van der Waals surface area contributed by atoms with Gasteiger partial charge in [-0.05, 0) is 38.9 Å². The molecule has 0 spiro atoms. The molecule has 23 heavy (non-hydrogen) atoms. The minimum Gasteiger partial charge on any atom is -0.480 e. The normalized spacial score (nSPS) is 15.2. The second-order valence-electron chi connectivity index (χ2n) is 5.78. The number of likely N-dealkylation sites (tertiary alicyclic amines) is 1. The van der Waals surface area contributed by atoms with Gasteiger partial charge in [0, 0.05) is 11.9 Å². The number of carbonyl (C=O) groups is 2. The Bertz CT molecular complexity index is 529. The predicted molar refractivity (Wildman–Crippen MR) is 89.6 cm³/mol. The fraction of sp³-hybridized carbons (Fsp3) is 0.667. The Hall–Kier alpha value is -1.51. The first-order valence-electron chi connectivity index (χ1n) is 7.97. The Morgan fingerprint density at radius 3 is 2.78 bits per heavy atom. The SMILES string of the molecule is CCCN(CC(=O)O)CC(=O)Nc1nc(CN2CCCC2)cs1. The quantitative estimate of drug-likeness (QED) is 0.708. The van der Waals surface area contributed by atoms with Crippen LogP contribution >= 0.6 is 11.3 Å². The fourth-order valence-electron chi connectivity index (χ4n) is 2.69. The van der Waals surface area contributed by atoms with Gasteiger partial charge < -0.3 is 10.4 Å². The summed E-state index contributed by atoms with van der Waals surface area (Å²) < 4.78 is 0. The molecule has 0 unspecified atom stereocenters. The molecule has 0 atom stereocenters. The van der Waals surface area contributed by atoms with E-state index < -0.39 is 5.97 Å². The van der Waals surface area contributed by atoms with Gasteiger partial charge in [-0.3, -0.25) is 19.4 Å². The number of nitrogens with one attached hydrogen (secondary N) is 1. The maximum absolute atomic E-state index is 12.0. The smallest absolute Gasteiger partial charge is 0.317 e. The van der Waals surface area contributed by atoms with Crippen molar-refractivity contribution in [2.45, 2.75) is 32.7 Å². The van der Waals surface area contributed by atoms with E-state index in [1.54, 1.807) is 4.90 Å². The number of carboxylic acid groups (broad SMARTS) is 1. The van der Waals surface area contributed by atoms with Crippen LogP contribution in [0.15, 0.2) is 5.38 Å². The largest absolute Gasteiger partial charge is 0.480 e. The third kappa shape index (κ3) is 6.25. The van der Waals surface area contributed by atoms with E-state index >= 15 is 0 Å². The molecule has 7 nitrogen and oxygen atoms in total. The molecular formula is C15H24N4O3S. The second-order valence-corrected chi connectivity index (χ2v) is 6.64. The maximum atomic E-state index is 12.0. The summed E-state index contributed by atoms with van der Waals surface area (Å²) >= 11 is 1.41. The minimum absolute atomic E-state index is 0.0706. The zero-order chi connectivity index (χ0) is 16.7. The number of carbonyl (C=O) groups excluding carboxylic acids is 1. The number of aromatic nitrogens is 1. The average molecular weight is 340 g/mol. The van der Waals surface area contributed by atoms with E-state index in [2.05, 4.69) is 15.2 Å². The number of amides is 1. The van der Waals surface area contributed by atoms with E-state index in [1.807, 2.05) is 12.3 Å². The van der Waals surface area contributed by atoms with Crippen molar-refractivity contribution >= 4 is 28.3 Å². The summed E-state index contributed by atoms with van der Waals surface area (Å²) in [6.45, 7) is 5.53. The highest BCUT2D eigenvalue weighted by atomic mass is 32.1. The molecule has 0 saturated carbocycles. The van der Waals surface area contributed by atoms with Crippen molar-refractivity contribution in [1.82, 2.24) is 14.8 Å². The lowest BCUT2D eigenvalue weighted by molar-refractivity contribution is -0.138. The first kappa shape index (κ1) is 17.8. The summed E-state index contributed by atoms with van der Waals surface area (Å²) in [6.07, 6.45) is 3.28. The van der Waals surface area contributed by atoms with Crippen molar-refractivity contribution in [3.63, 3.8) is 0 Å². The molecule has 1 aromatic rings. The molecule has 1 amide bonds. The summed E-state index contributed by atoms with van der Waals surface area (Å²) in [5, 5.41) is 14.2. The molecule has 1 aromatic heterocycles. The van der Waals surface area contributed by atoms with Crippen molar-refractivity contribution < 1.29 is 14.7 Å². The topological polar surface area (TPSA) is 85.8 Å². The number of thiazole rings is 1. The molecule has 1 aliphatic heterocycles.